The Labute approximate surface area is 141 Å². The lowest BCUT2D eigenvalue weighted by molar-refractivity contribution is -0.144. The van der Waals surface area contributed by atoms with Gasteiger partial charge in [-0.2, -0.15) is 0 Å². The molecule has 2 amide bonds. The molecule has 0 heterocycles. The van der Waals surface area contributed by atoms with E-state index in [0.717, 1.165) is 12.8 Å². The van der Waals surface area contributed by atoms with E-state index in [1.165, 1.54) is 0 Å². The molecule has 1 fully saturated rings. The van der Waals surface area contributed by atoms with Crippen molar-refractivity contribution < 1.29 is 19.5 Å². The number of carboxylic acids is 1. The zero-order chi connectivity index (χ0) is 17.7. The van der Waals surface area contributed by atoms with Crippen LogP contribution >= 0.6 is 0 Å². The van der Waals surface area contributed by atoms with E-state index in [1.807, 2.05) is 13.8 Å². The van der Waals surface area contributed by atoms with E-state index < -0.39 is 17.4 Å². The molecule has 1 aromatic rings. The number of benzene rings is 1. The number of carbonyl (C=O) groups is 3. The largest absolute Gasteiger partial charge is 0.480 e. The number of nitrogens with zero attached hydrogens (tertiary/aromatic N) is 1. The van der Waals surface area contributed by atoms with E-state index in [1.54, 1.807) is 29.2 Å². The highest BCUT2D eigenvalue weighted by atomic mass is 16.4. The van der Waals surface area contributed by atoms with Crippen molar-refractivity contribution in [3.8, 4) is 0 Å². The van der Waals surface area contributed by atoms with Gasteiger partial charge in [0.1, 0.15) is 5.54 Å². The lowest BCUT2D eigenvalue weighted by atomic mass is 9.97. The van der Waals surface area contributed by atoms with Gasteiger partial charge in [0.2, 0.25) is 0 Å². The molecule has 0 bridgehead atoms. The lowest BCUT2D eigenvalue weighted by Gasteiger charge is -2.25. The standard InChI is InChI=1S/C18H24N2O4/c1-3-20(4-2)16(22)14-9-7-13(8-10-14)15(21)19-18(17(23)24)11-5-6-12-18/h7-10H,3-6,11-12H2,1-2H3,(H,19,21)(H,23,24). The number of aliphatic carboxylic acids is 1. The van der Waals surface area contributed by atoms with Crippen LogP contribution < -0.4 is 5.32 Å². The predicted octanol–water partition coefficient (Wildman–Crippen LogP) is 2.30. The molecule has 6 nitrogen and oxygen atoms in total. The smallest absolute Gasteiger partial charge is 0.329 e. The maximum atomic E-state index is 12.4. The summed E-state index contributed by atoms with van der Waals surface area (Å²) in [5, 5.41) is 12.1. The minimum absolute atomic E-state index is 0.0789. The van der Waals surface area contributed by atoms with Gasteiger partial charge in [0.25, 0.3) is 11.8 Å². The van der Waals surface area contributed by atoms with Crippen LogP contribution in [0.25, 0.3) is 0 Å². The molecule has 130 valence electrons. The van der Waals surface area contributed by atoms with Crippen molar-refractivity contribution in [1.82, 2.24) is 10.2 Å². The SMILES string of the molecule is CCN(CC)C(=O)c1ccc(C(=O)NC2(C(=O)O)CCCC2)cc1. The molecule has 0 saturated heterocycles. The Hall–Kier alpha value is -2.37. The Morgan fingerprint density at radius 2 is 1.54 bits per heavy atom. The van der Waals surface area contributed by atoms with Crippen molar-refractivity contribution in [2.75, 3.05) is 13.1 Å². The van der Waals surface area contributed by atoms with Gasteiger partial charge in [-0.05, 0) is 51.0 Å². The molecule has 0 spiro atoms. The van der Waals surface area contributed by atoms with Gasteiger partial charge >= 0.3 is 5.97 Å². The summed E-state index contributed by atoms with van der Waals surface area (Å²) in [6, 6.07) is 6.35. The van der Waals surface area contributed by atoms with Gasteiger partial charge in [0.15, 0.2) is 0 Å². The Kier molecular flexibility index (Phi) is 5.59. The van der Waals surface area contributed by atoms with E-state index in [2.05, 4.69) is 5.32 Å². The third kappa shape index (κ3) is 3.58. The molecule has 0 aliphatic heterocycles. The highest BCUT2D eigenvalue weighted by Gasteiger charge is 2.42. The van der Waals surface area contributed by atoms with E-state index in [9.17, 15) is 19.5 Å². The first-order chi connectivity index (χ1) is 11.4. The molecular formula is C18H24N2O4. The second kappa shape index (κ2) is 7.47. The predicted molar refractivity (Wildman–Crippen MR) is 90.0 cm³/mol. The van der Waals surface area contributed by atoms with Crippen molar-refractivity contribution in [3.05, 3.63) is 35.4 Å². The average Bonchev–Trinajstić information content (AvgIpc) is 3.06. The van der Waals surface area contributed by atoms with Crippen molar-refractivity contribution >= 4 is 17.8 Å². The molecule has 2 N–H and O–H groups in total. The van der Waals surface area contributed by atoms with E-state index in [4.69, 9.17) is 0 Å². The van der Waals surface area contributed by atoms with E-state index >= 15 is 0 Å². The second-order valence-corrected chi connectivity index (χ2v) is 6.10. The van der Waals surface area contributed by atoms with Gasteiger partial charge in [-0.25, -0.2) is 4.79 Å². The number of carboxylic acid groups (broad SMARTS) is 1. The van der Waals surface area contributed by atoms with Gasteiger partial charge in [-0.15, -0.1) is 0 Å². The zero-order valence-corrected chi connectivity index (χ0v) is 14.2. The van der Waals surface area contributed by atoms with Gasteiger partial charge < -0.3 is 15.3 Å². The molecular weight excluding hydrogens is 308 g/mol. The summed E-state index contributed by atoms with van der Waals surface area (Å²) in [5.74, 6) is -1.48. The number of carbonyl (C=O) groups excluding carboxylic acids is 2. The first-order valence-corrected chi connectivity index (χ1v) is 8.38. The molecule has 0 radical (unpaired) electrons. The minimum atomic E-state index is -1.16. The van der Waals surface area contributed by atoms with Crippen LogP contribution in [0.2, 0.25) is 0 Å². The molecule has 1 saturated carbocycles. The highest BCUT2D eigenvalue weighted by Crippen LogP contribution is 2.30. The minimum Gasteiger partial charge on any atom is -0.480 e. The third-order valence-corrected chi connectivity index (χ3v) is 4.66. The monoisotopic (exact) mass is 332 g/mol. The number of amides is 2. The van der Waals surface area contributed by atoms with Crippen molar-refractivity contribution in [2.24, 2.45) is 0 Å². The van der Waals surface area contributed by atoms with Gasteiger partial charge in [-0.1, -0.05) is 12.8 Å². The lowest BCUT2D eigenvalue weighted by Crippen LogP contribution is -2.52. The molecule has 24 heavy (non-hydrogen) atoms. The Bertz CT molecular complexity index is 614. The van der Waals surface area contributed by atoms with E-state index in [-0.39, 0.29) is 5.91 Å². The van der Waals surface area contributed by atoms with Crippen LogP contribution in [0, 0.1) is 0 Å². The number of hydrogen-bond donors (Lipinski definition) is 2. The summed E-state index contributed by atoms with van der Waals surface area (Å²) in [4.78, 5) is 37.8. The van der Waals surface area contributed by atoms with Gasteiger partial charge in [0, 0.05) is 24.2 Å². The Balaban J connectivity index is 2.11. The number of nitrogens with one attached hydrogen (secondary N) is 1. The first-order valence-electron chi connectivity index (χ1n) is 8.38. The topological polar surface area (TPSA) is 86.7 Å². The van der Waals surface area contributed by atoms with Crippen LogP contribution in [0.5, 0.6) is 0 Å². The Morgan fingerprint density at radius 3 is 2.00 bits per heavy atom. The molecule has 0 aromatic heterocycles. The number of rotatable bonds is 6. The number of hydrogen-bond acceptors (Lipinski definition) is 3. The second-order valence-electron chi connectivity index (χ2n) is 6.10. The molecule has 1 aliphatic carbocycles. The zero-order valence-electron chi connectivity index (χ0n) is 14.2. The maximum Gasteiger partial charge on any atom is 0.329 e. The fourth-order valence-corrected chi connectivity index (χ4v) is 3.12. The summed E-state index contributed by atoms with van der Waals surface area (Å²) in [6.07, 6.45) is 2.49. The molecule has 0 unspecified atom stereocenters. The van der Waals surface area contributed by atoms with Crippen LogP contribution in [-0.2, 0) is 4.79 Å². The van der Waals surface area contributed by atoms with Crippen LogP contribution in [0.1, 0.15) is 60.2 Å². The fourth-order valence-electron chi connectivity index (χ4n) is 3.12. The summed E-state index contributed by atoms with van der Waals surface area (Å²) < 4.78 is 0. The fraction of sp³-hybridized carbons (Fsp3) is 0.500. The molecule has 1 aliphatic rings. The van der Waals surface area contributed by atoms with Gasteiger partial charge in [0.05, 0.1) is 0 Å². The molecule has 6 heteroatoms. The summed E-state index contributed by atoms with van der Waals surface area (Å²) >= 11 is 0. The van der Waals surface area contributed by atoms with Crippen molar-refractivity contribution in [1.29, 1.82) is 0 Å². The summed E-state index contributed by atoms with van der Waals surface area (Å²) in [6.45, 7) is 5.07. The van der Waals surface area contributed by atoms with Crippen LogP contribution in [-0.4, -0.2) is 46.4 Å². The quantitative estimate of drug-likeness (QED) is 0.837. The van der Waals surface area contributed by atoms with Crippen molar-refractivity contribution in [2.45, 2.75) is 45.1 Å². The Morgan fingerprint density at radius 1 is 1.04 bits per heavy atom. The molecule has 1 aromatic carbocycles. The first kappa shape index (κ1) is 18.0. The molecule has 0 atom stereocenters. The average molecular weight is 332 g/mol. The molecule has 2 rings (SSSR count). The van der Waals surface area contributed by atoms with Crippen LogP contribution in [0.3, 0.4) is 0 Å². The maximum absolute atomic E-state index is 12.4. The van der Waals surface area contributed by atoms with Crippen LogP contribution in [0.4, 0.5) is 0 Å². The highest BCUT2D eigenvalue weighted by molar-refractivity contribution is 5.99. The van der Waals surface area contributed by atoms with Crippen molar-refractivity contribution in [3.63, 3.8) is 0 Å². The summed E-state index contributed by atoms with van der Waals surface area (Å²) in [7, 11) is 0. The summed E-state index contributed by atoms with van der Waals surface area (Å²) in [5.41, 5.74) is -0.282. The normalized spacial score (nSPS) is 15.8. The van der Waals surface area contributed by atoms with Crippen LogP contribution in [0.15, 0.2) is 24.3 Å². The van der Waals surface area contributed by atoms with E-state index in [0.29, 0.717) is 37.1 Å². The third-order valence-electron chi connectivity index (χ3n) is 4.66. The van der Waals surface area contributed by atoms with Gasteiger partial charge in [-0.3, -0.25) is 9.59 Å².